The summed E-state index contributed by atoms with van der Waals surface area (Å²) in [5, 5.41) is 18.6. The molecule has 0 bridgehead atoms. The molecule has 0 saturated heterocycles. The maximum atomic E-state index is 2.30. The van der Waals surface area contributed by atoms with Crippen LogP contribution in [-0.2, 0) is 28.2 Å². The van der Waals surface area contributed by atoms with Crippen LogP contribution in [0, 0.1) is 0 Å². The summed E-state index contributed by atoms with van der Waals surface area (Å²) < 4.78 is 9.09. The van der Waals surface area contributed by atoms with Crippen LogP contribution in [0.5, 0.6) is 0 Å². The van der Waals surface area contributed by atoms with Gasteiger partial charge in [-0.2, -0.15) is 0 Å². The molecule has 0 spiro atoms. The molecule has 0 aliphatic carbocycles. The summed E-state index contributed by atoms with van der Waals surface area (Å²) in [6, 6.07) is 82.0. The molecule has 4 heterocycles. The first-order chi connectivity index (χ1) is 33.4. The van der Waals surface area contributed by atoms with Crippen molar-refractivity contribution in [2.75, 3.05) is 0 Å². The Morgan fingerprint density at radius 3 is 1.13 bits per heavy atom. The highest BCUT2D eigenvalue weighted by Gasteiger charge is 2.12. The summed E-state index contributed by atoms with van der Waals surface area (Å²) in [4.78, 5) is 0. The molecule has 0 amide bonds. The van der Waals surface area contributed by atoms with Crippen molar-refractivity contribution in [3.05, 3.63) is 231 Å². The van der Waals surface area contributed by atoms with Crippen LogP contribution in [0.3, 0.4) is 0 Å². The molecule has 0 saturated carbocycles. The van der Waals surface area contributed by atoms with Crippen molar-refractivity contribution in [2.24, 2.45) is 28.2 Å². The normalized spacial score (nSPS) is 11.5. The molecule has 0 aliphatic rings. The van der Waals surface area contributed by atoms with E-state index in [2.05, 4.69) is 277 Å². The van der Waals surface area contributed by atoms with Crippen molar-refractivity contribution in [1.82, 2.24) is 18.3 Å². The van der Waals surface area contributed by atoms with Crippen molar-refractivity contribution in [3.63, 3.8) is 0 Å². The average Bonchev–Trinajstić information content (AvgIpc) is 4.08. The van der Waals surface area contributed by atoms with Crippen LogP contribution in [0.15, 0.2) is 231 Å². The second-order valence-corrected chi connectivity index (χ2v) is 17.9. The van der Waals surface area contributed by atoms with Crippen molar-refractivity contribution >= 4 is 120 Å². The minimum Gasteiger partial charge on any atom is -0.344 e. The molecule has 15 rings (SSSR count). The van der Waals surface area contributed by atoms with Gasteiger partial charge in [-0.1, -0.05) is 182 Å². The minimum absolute atomic E-state index is 1.29. The van der Waals surface area contributed by atoms with Crippen LogP contribution in [0.4, 0.5) is 0 Å². The van der Waals surface area contributed by atoms with Gasteiger partial charge in [0.15, 0.2) is 0 Å². The van der Waals surface area contributed by atoms with Gasteiger partial charge in [-0.3, -0.25) is 0 Å². The van der Waals surface area contributed by atoms with Crippen molar-refractivity contribution in [1.29, 1.82) is 0 Å². The zero-order valence-electron chi connectivity index (χ0n) is 38.7. The Bertz CT molecular complexity index is 4300. The molecule has 4 aromatic heterocycles. The Morgan fingerprint density at radius 1 is 0.206 bits per heavy atom. The third kappa shape index (κ3) is 6.67. The monoisotopic (exact) mass is 874 g/mol. The number of hydrogen-bond acceptors (Lipinski definition) is 0. The Kier molecular flexibility index (Phi) is 10.0. The van der Waals surface area contributed by atoms with E-state index in [1.165, 1.54) is 120 Å². The van der Waals surface area contributed by atoms with E-state index >= 15 is 0 Å². The first-order valence-corrected chi connectivity index (χ1v) is 23.4. The number of fused-ring (bicyclic) bond motifs is 17. The van der Waals surface area contributed by atoms with Gasteiger partial charge in [0.05, 0.1) is 5.52 Å². The molecular weight excluding hydrogens is 825 g/mol. The van der Waals surface area contributed by atoms with Crippen molar-refractivity contribution in [2.45, 2.75) is 0 Å². The number of aromatic nitrogens is 4. The summed E-state index contributed by atoms with van der Waals surface area (Å²) in [5.41, 5.74) is 10.4. The number of nitrogens with zero attached hydrogens (tertiary/aromatic N) is 4. The van der Waals surface area contributed by atoms with E-state index in [1.54, 1.807) is 0 Å². The largest absolute Gasteiger partial charge is 0.344 e. The molecule has 0 radical (unpaired) electrons. The van der Waals surface area contributed by atoms with E-state index in [-0.39, 0.29) is 0 Å². The van der Waals surface area contributed by atoms with Gasteiger partial charge in [0.25, 0.3) is 0 Å². The lowest BCUT2D eigenvalue weighted by atomic mass is 10.0. The molecular formula is C64H50N4. The number of para-hydroxylation sites is 5. The molecule has 0 N–H and O–H groups in total. The fourth-order valence-electron chi connectivity index (χ4n) is 10.8. The first kappa shape index (κ1) is 40.9. The van der Waals surface area contributed by atoms with Gasteiger partial charge < -0.3 is 18.3 Å². The van der Waals surface area contributed by atoms with Crippen LogP contribution < -0.4 is 0 Å². The van der Waals surface area contributed by atoms with Crippen LogP contribution in [-0.4, -0.2) is 18.3 Å². The van der Waals surface area contributed by atoms with Crippen molar-refractivity contribution < 1.29 is 0 Å². The highest BCUT2D eigenvalue weighted by atomic mass is 15.0. The highest BCUT2D eigenvalue weighted by molar-refractivity contribution is 6.21. The number of hydrogen-bond donors (Lipinski definition) is 0. The molecule has 68 heavy (non-hydrogen) atoms. The van der Waals surface area contributed by atoms with Gasteiger partial charge in [-0.05, 0) is 75.5 Å². The van der Waals surface area contributed by atoms with E-state index in [0.717, 1.165) is 0 Å². The van der Waals surface area contributed by atoms with E-state index in [9.17, 15) is 0 Å². The van der Waals surface area contributed by atoms with Crippen LogP contribution in [0.25, 0.3) is 120 Å². The number of rotatable bonds is 0. The maximum absolute atomic E-state index is 2.30. The van der Waals surface area contributed by atoms with Crippen molar-refractivity contribution in [3.8, 4) is 0 Å². The second-order valence-electron chi connectivity index (χ2n) is 17.9. The molecule has 4 heteroatoms. The molecule has 0 unspecified atom stereocenters. The van der Waals surface area contributed by atoms with Gasteiger partial charge in [0.1, 0.15) is 0 Å². The molecule has 0 aliphatic heterocycles. The predicted molar refractivity (Wildman–Crippen MR) is 294 cm³/mol. The quantitative estimate of drug-likeness (QED) is 0.145. The summed E-state index contributed by atoms with van der Waals surface area (Å²) >= 11 is 0. The number of benzene rings is 11. The smallest absolute Gasteiger partial charge is 0.0568 e. The minimum atomic E-state index is 1.29. The Hall–Kier alpha value is -8.60. The summed E-state index contributed by atoms with van der Waals surface area (Å²) in [7, 11) is 8.54. The van der Waals surface area contributed by atoms with E-state index in [0.29, 0.717) is 0 Å². The molecule has 4 nitrogen and oxygen atoms in total. The lowest BCUT2D eigenvalue weighted by Gasteiger charge is -2.02. The molecule has 0 atom stereocenters. The van der Waals surface area contributed by atoms with Crippen LogP contribution in [0.2, 0.25) is 0 Å². The van der Waals surface area contributed by atoms with E-state index < -0.39 is 0 Å². The first-order valence-electron chi connectivity index (χ1n) is 23.4. The third-order valence-electron chi connectivity index (χ3n) is 14.2. The average molecular weight is 875 g/mol. The Balaban J connectivity index is 0.0000000946. The Labute approximate surface area is 394 Å². The maximum Gasteiger partial charge on any atom is 0.0568 e. The topological polar surface area (TPSA) is 19.7 Å². The molecule has 326 valence electrons. The van der Waals surface area contributed by atoms with Gasteiger partial charge in [0.2, 0.25) is 0 Å². The summed E-state index contributed by atoms with van der Waals surface area (Å²) in [5.74, 6) is 0. The zero-order valence-corrected chi connectivity index (χ0v) is 38.7. The molecule has 11 aromatic carbocycles. The highest BCUT2D eigenvalue weighted by Crippen LogP contribution is 2.36. The number of aryl methyl sites for hydroxylation is 4. The predicted octanol–water partition coefficient (Wildman–Crippen LogP) is 16.8. The molecule has 15 aromatic rings. The van der Waals surface area contributed by atoms with Gasteiger partial charge in [-0.25, -0.2) is 0 Å². The summed E-state index contributed by atoms with van der Waals surface area (Å²) in [6.07, 6.45) is 0. The SMILES string of the molecule is Cn1c2ccccc2c2c3ccccc3ccc21.Cn1c2ccccc2c2cc3ccccc3cc21.Cn1c2ccccc2c2ccc3ccccc3c21.Cn1c2ccccc2c2ccccc21. The van der Waals surface area contributed by atoms with Crippen LogP contribution in [0.1, 0.15) is 0 Å². The third-order valence-corrected chi connectivity index (χ3v) is 14.2. The van der Waals surface area contributed by atoms with Gasteiger partial charge in [-0.15, -0.1) is 0 Å². The second kappa shape index (κ2) is 16.7. The van der Waals surface area contributed by atoms with E-state index in [4.69, 9.17) is 0 Å². The lowest BCUT2D eigenvalue weighted by Crippen LogP contribution is -1.87. The standard InChI is InChI=1S/3C17H13N.C13H11N/c1-18-16-9-5-4-8-14(16)15-10-12-6-2-3-7-13(12)11-17(15)18;1-18-16-9-5-4-8-14(16)15-11-10-12-6-2-3-7-13(12)17(15)18;1-18-15-9-5-4-8-14(15)17-13-7-3-2-6-12(13)10-11-16(17)18;1-14-12-8-4-2-6-10(12)11-7-3-5-9-13(11)14/h3*2-11H,1H3;2-9H,1H3. The van der Waals surface area contributed by atoms with Gasteiger partial charge >= 0.3 is 0 Å². The lowest BCUT2D eigenvalue weighted by molar-refractivity contribution is 1.01. The van der Waals surface area contributed by atoms with Crippen LogP contribution >= 0.6 is 0 Å². The Morgan fingerprint density at radius 2 is 0.559 bits per heavy atom. The zero-order chi connectivity index (χ0) is 45.9. The molecule has 0 fully saturated rings. The summed E-state index contributed by atoms with van der Waals surface area (Å²) in [6.45, 7) is 0. The fourth-order valence-corrected chi connectivity index (χ4v) is 10.8. The fraction of sp³-hybridized carbons (Fsp3) is 0.0625. The van der Waals surface area contributed by atoms with E-state index in [1.807, 2.05) is 0 Å². The van der Waals surface area contributed by atoms with Gasteiger partial charge in [0, 0.05) is 115 Å².